The quantitative estimate of drug-likeness (QED) is 0.899. The maximum Gasteiger partial charge on any atom is 0.128 e. The monoisotopic (exact) mass is 279 g/mol. The molecule has 0 aliphatic heterocycles. The molecule has 1 saturated carbocycles. The highest BCUT2D eigenvalue weighted by molar-refractivity contribution is 5.29. The van der Waals surface area contributed by atoms with Gasteiger partial charge >= 0.3 is 0 Å². The van der Waals surface area contributed by atoms with Crippen LogP contribution in [0.25, 0.3) is 0 Å². The van der Waals surface area contributed by atoms with Crippen molar-refractivity contribution in [3.8, 4) is 0 Å². The van der Waals surface area contributed by atoms with E-state index in [0.29, 0.717) is 18.1 Å². The van der Waals surface area contributed by atoms with Crippen molar-refractivity contribution in [1.29, 1.82) is 0 Å². The summed E-state index contributed by atoms with van der Waals surface area (Å²) in [6.45, 7) is 6.83. The smallest absolute Gasteiger partial charge is 0.128 e. The second-order valence-electron chi connectivity index (χ2n) is 6.18. The fourth-order valence-corrected chi connectivity index (χ4v) is 3.27. The second kappa shape index (κ2) is 6.23. The van der Waals surface area contributed by atoms with Gasteiger partial charge in [0.15, 0.2) is 0 Å². The summed E-state index contributed by atoms with van der Waals surface area (Å²) < 4.78 is 20.2. The summed E-state index contributed by atoms with van der Waals surface area (Å²) in [5.74, 6) is 0.485. The predicted molar refractivity (Wildman–Crippen MR) is 80.1 cm³/mol. The summed E-state index contributed by atoms with van der Waals surface area (Å²) in [4.78, 5) is 0. The molecule has 0 bridgehead atoms. The topological polar surface area (TPSA) is 35.2 Å². The Kier molecular flexibility index (Phi) is 4.82. The van der Waals surface area contributed by atoms with Crippen molar-refractivity contribution in [1.82, 2.24) is 0 Å². The molecular weight excluding hydrogens is 253 g/mol. The lowest BCUT2D eigenvalue weighted by molar-refractivity contribution is -0.0902. The van der Waals surface area contributed by atoms with E-state index < -0.39 is 11.6 Å². The van der Waals surface area contributed by atoms with Gasteiger partial charge in [-0.05, 0) is 51.5 Å². The molecule has 1 aromatic rings. The van der Waals surface area contributed by atoms with Crippen molar-refractivity contribution >= 4 is 0 Å². The summed E-state index contributed by atoms with van der Waals surface area (Å²) in [6, 6.07) is 4.76. The Bertz CT molecular complexity index is 452. The van der Waals surface area contributed by atoms with Gasteiger partial charge in [-0.3, -0.25) is 0 Å². The van der Waals surface area contributed by atoms with Crippen molar-refractivity contribution in [2.45, 2.75) is 58.1 Å². The maximum absolute atomic E-state index is 14.1. The van der Waals surface area contributed by atoms with E-state index in [1.165, 1.54) is 6.07 Å². The van der Waals surface area contributed by atoms with Crippen LogP contribution in [-0.4, -0.2) is 12.2 Å². The van der Waals surface area contributed by atoms with E-state index in [4.69, 9.17) is 10.5 Å². The molecule has 1 aliphatic carbocycles. The fourth-order valence-electron chi connectivity index (χ4n) is 3.27. The Labute approximate surface area is 121 Å². The Balaban J connectivity index is 2.31. The van der Waals surface area contributed by atoms with Crippen molar-refractivity contribution in [3.05, 3.63) is 35.1 Å². The van der Waals surface area contributed by atoms with Crippen LogP contribution in [0.15, 0.2) is 18.2 Å². The van der Waals surface area contributed by atoms with Crippen molar-refractivity contribution in [3.63, 3.8) is 0 Å². The van der Waals surface area contributed by atoms with Crippen LogP contribution in [0.1, 0.15) is 56.7 Å². The Hall–Kier alpha value is -0.930. The maximum atomic E-state index is 14.1. The Morgan fingerprint density at radius 1 is 1.40 bits per heavy atom. The van der Waals surface area contributed by atoms with E-state index in [1.807, 2.05) is 19.9 Å². The molecule has 0 aromatic heterocycles. The molecule has 112 valence electrons. The van der Waals surface area contributed by atoms with Crippen LogP contribution >= 0.6 is 0 Å². The van der Waals surface area contributed by atoms with Crippen LogP contribution in [-0.2, 0) is 4.74 Å². The number of hydrogen-bond donors (Lipinski definition) is 1. The van der Waals surface area contributed by atoms with Gasteiger partial charge in [0.1, 0.15) is 5.82 Å². The van der Waals surface area contributed by atoms with Crippen LogP contribution in [0.5, 0.6) is 0 Å². The molecule has 1 unspecified atom stereocenters. The van der Waals surface area contributed by atoms with Gasteiger partial charge in [-0.2, -0.15) is 0 Å². The van der Waals surface area contributed by atoms with Crippen LogP contribution in [0, 0.1) is 18.7 Å². The predicted octanol–water partition coefficient (Wildman–Crippen LogP) is 4.12. The second-order valence-corrected chi connectivity index (χ2v) is 6.18. The fraction of sp³-hybridized carbons (Fsp3) is 0.647. The first-order chi connectivity index (χ1) is 9.48. The lowest BCUT2D eigenvalue weighted by Crippen LogP contribution is -2.46. The summed E-state index contributed by atoms with van der Waals surface area (Å²) in [5.41, 5.74) is 7.66. The zero-order valence-electron chi connectivity index (χ0n) is 12.8. The van der Waals surface area contributed by atoms with E-state index in [0.717, 1.165) is 31.2 Å². The first-order valence-electron chi connectivity index (χ1n) is 7.64. The van der Waals surface area contributed by atoms with Gasteiger partial charge in [-0.25, -0.2) is 4.39 Å². The normalized spacial score (nSPS) is 28.4. The molecule has 3 heteroatoms. The van der Waals surface area contributed by atoms with E-state index >= 15 is 0 Å². The molecule has 2 N–H and O–H groups in total. The summed E-state index contributed by atoms with van der Waals surface area (Å²) in [6.07, 6.45) is 4.02. The highest BCUT2D eigenvalue weighted by atomic mass is 19.1. The molecule has 1 fully saturated rings. The molecule has 1 aromatic carbocycles. The van der Waals surface area contributed by atoms with E-state index in [9.17, 15) is 4.39 Å². The molecule has 0 spiro atoms. The molecule has 0 saturated heterocycles. The minimum Gasteiger partial charge on any atom is -0.373 e. The number of nitrogens with two attached hydrogens (primary N) is 1. The van der Waals surface area contributed by atoms with Crippen molar-refractivity contribution in [2.24, 2.45) is 11.7 Å². The third-order valence-electron chi connectivity index (χ3n) is 4.61. The van der Waals surface area contributed by atoms with Gasteiger partial charge in [0.25, 0.3) is 0 Å². The summed E-state index contributed by atoms with van der Waals surface area (Å²) in [7, 11) is 0. The average molecular weight is 279 g/mol. The molecule has 1 atom stereocenters. The minimum absolute atomic E-state index is 0.221. The van der Waals surface area contributed by atoms with Gasteiger partial charge in [0, 0.05) is 12.2 Å². The van der Waals surface area contributed by atoms with E-state index in [2.05, 4.69) is 6.92 Å². The summed E-state index contributed by atoms with van der Waals surface area (Å²) >= 11 is 0. The van der Waals surface area contributed by atoms with Gasteiger partial charge in [0.05, 0.1) is 11.6 Å². The lowest BCUT2D eigenvalue weighted by Gasteiger charge is -2.43. The molecule has 0 heterocycles. The molecular formula is C17H26FNO. The van der Waals surface area contributed by atoms with Gasteiger partial charge in [-0.1, -0.05) is 24.6 Å². The Morgan fingerprint density at radius 2 is 2.05 bits per heavy atom. The van der Waals surface area contributed by atoms with Gasteiger partial charge in [0.2, 0.25) is 0 Å². The standard InChI is InChI=1S/C17H26FNO/c1-4-20-17(9-7-12(2)8-10-17)16(19)14-11-13(3)5-6-15(14)18/h5-6,11-12,16H,4,7-10,19H2,1-3H3. The minimum atomic E-state index is -0.407. The number of rotatable bonds is 4. The third kappa shape index (κ3) is 3.04. The highest BCUT2D eigenvalue weighted by Crippen LogP contribution is 2.42. The molecule has 0 radical (unpaired) electrons. The average Bonchev–Trinajstić information content (AvgIpc) is 2.44. The van der Waals surface area contributed by atoms with E-state index in [-0.39, 0.29) is 5.82 Å². The number of halogens is 1. The third-order valence-corrected chi connectivity index (χ3v) is 4.61. The highest BCUT2D eigenvalue weighted by Gasteiger charge is 2.41. The van der Waals surface area contributed by atoms with Crippen molar-refractivity contribution in [2.75, 3.05) is 6.61 Å². The number of benzene rings is 1. The van der Waals surface area contributed by atoms with Crippen molar-refractivity contribution < 1.29 is 9.13 Å². The molecule has 2 rings (SSSR count). The lowest BCUT2D eigenvalue weighted by atomic mass is 9.73. The van der Waals surface area contributed by atoms with Crippen LogP contribution in [0.2, 0.25) is 0 Å². The Morgan fingerprint density at radius 3 is 2.65 bits per heavy atom. The van der Waals surface area contributed by atoms with E-state index in [1.54, 1.807) is 6.07 Å². The van der Waals surface area contributed by atoms with Crippen LogP contribution in [0.4, 0.5) is 4.39 Å². The summed E-state index contributed by atoms with van der Waals surface area (Å²) in [5, 5.41) is 0. The van der Waals surface area contributed by atoms with Gasteiger partial charge in [-0.15, -0.1) is 0 Å². The number of hydrogen-bond acceptors (Lipinski definition) is 2. The SMILES string of the molecule is CCOC1(C(N)c2cc(C)ccc2F)CCC(C)CC1. The van der Waals surface area contributed by atoms with Crippen LogP contribution < -0.4 is 5.73 Å². The zero-order valence-corrected chi connectivity index (χ0v) is 12.8. The largest absolute Gasteiger partial charge is 0.373 e. The first-order valence-corrected chi connectivity index (χ1v) is 7.64. The van der Waals surface area contributed by atoms with Gasteiger partial charge < -0.3 is 10.5 Å². The molecule has 1 aliphatic rings. The number of ether oxygens (including phenoxy) is 1. The molecule has 20 heavy (non-hydrogen) atoms. The number of aryl methyl sites for hydroxylation is 1. The first kappa shape index (κ1) is 15.5. The van der Waals surface area contributed by atoms with Crippen LogP contribution in [0.3, 0.4) is 0 Å². The zero-order chi connectivity index (χ0) is 14.8. The molecule has 0 amide bonds. The molecule has 2 nitrogen and oxygen atoms in total.